The fourth-order valence-corrected chi connectivity index (χ4v) is 4.33. The van der Waals surface area contributed by atoms with Gasteiger partial charge in [0.05, 0.1) is 23.7 Å². The monoisotopic (exact) mass is 349 g/mol. The standard InChI is InChI=1S/C16H23N5O2S/c1-4-9-20-14(7-8-17-20)13-11-12(2)18-16(19-13)15-6-5-10-21(15)24(3,22)23/h7-8,11,15H,4-6,9-10H2,1-3H3/t15-/m1/s1. The quantitative estimate of drug-likeness (QED) is 0.826. The minimum absolute atomic E-state index is 0.277. The molecule has 8 heteroatoms. The minimum atomic E-state index is -3.26. The van der Waals surface area contributed by atoms with Gasteiger partial charge in [-0.15, -0.1) is 0 Å². The van der Waals surface area contributed by atoms with E-state index < -0.39 is 10.0 Å². The zero-order valence-corrected chi connectivity index (χ0v) is 15.1. The Bertz CT molecular complexity index is 831. The Balaban J connectivity index is 2.02. The van der Waals surface area contributed by atoms with Crippen LogP contribution in [-0.2, 0) is 16.6 Å². The van der Waals surface area contributed by atoms with Crippen molar-refractivity contribution < 1.29 is 8.42 Å². The SMILES string of the molecule is CCCn1nccc1-c1cc(C)nc([C@H]2CCCN2S(C)(=O)=O)n1. The van der Waals surface area contributed by atoms with Gasteiger partial charge in [0.2, 0.25) is 10.0 Å². The lowest BCUT2D eigenvalue weighted by atomic mass is 10.2. The molecule has 24 heavy (non-hydrogen) atoms. The average molecular weight is 349 g/mol. The van der Waals surface area contributed by atoms with Crippen LogP contribution in [0.4, 0.5) is 0 Å². The van der Waals surface area contributed by atoms with E-state index in [0.717, 1.165) is 42.9 Å². The Morgan fingerprint density at radius 2 is 2.12 bits per heavy atom. The van der Waals surface area contributed by atoms with Gasteiger partial charge in [0.25, 0.3) is 0 Å². The van der Waals surface area contributed by atoms with Crippen LogP contribution in [0.1, 0.15) is 43.7 Å². The first kappa shape index (κ1) is 17.0. The summed E-state index contributed by atoms with van der Waals surface area (Å²) < 4.78 is 27.5. The Morgan fingerprint density at radius 3 is 2.83 bits per heavy atom. The third-order valence-electron chi connectivity index (χ3n) is 4.21. The Kier molecular flexibility index (Phi) is 4.69. The van der Waals surface area contributed by atoms with Crippen molar-refractivity contribution in [3.8, 4) is 11.4 Å². The van der Waals surface area contributed by atoms with E-state index in [1.54, 1.807) is 6.20 Å². The van der Waals surface area contributed by atoms with E-state index in [-0.39, 0.29) is 6.04 Å². The molecule has 1 saturated heterocycles. The molecule has 0 amide bonds. The van der Waals surface area contributed by atoms with Crippen molar-refractivity contribution in [3.05, 3.63) is 29.8 Å². The summed E-state index contributed by atoms with van der Waals surface area (Å²) in [5.41, 5.74) is 2.57. The van der Waals surface area contributed by atoms with E-state index in [4.69, 9.17) is 0 Å². The normalized spacial score (nSPS) is 19.0. The van der Waals surface area contributed by atoms with Gasteiger partial charge in [0, 0.05) is 25.0 Å². The molecule has 2 aromatic heterocycles. The summed E-state index contributed by atoms with van der Waals surface area (Å²) in [5.74, 6) is 0.581. The third-order valence-corrected chi connectivity index (χ3v) is 5.50. The van der Waals surface area contributed by atoms with Gasteiger partial charge in [-0.2, -0.15) is 9.40 Å². The summed E-state index contributed by atoms with van der Waals surface area (Å²) in [6.45, 7) is 5.36. The summed E-state index contributed by atoms with van der Waals surface area (Å²) in [7, 11) is -3.26. The molecule has 1 aliphatic heterocycles. The van der Waals surface area contributed by atoms with Crippen molar-refractivity contribution in [3.63, 3.8) is 0 Å². The molecule has 0 unspecified atom stereocenters. The predicted molar refractivity (Wildman–Crippen MR) is 91.8 cm³/mol. The molecular formula is C16H23N5O2S. The molecule has 0 N–H and O–H groups in total. The second-order valence-electron chi connectivity index (χ2n) is 6.22. The number of nitrogens with zero attached hydrogens (tertiary/aromatic N) is 5. The molecule has 130 valence electrons. The molecule has 0 bridgehead atoms. The maximum atomic E-state index is 12.0. The van der Waals surface area contributed by atoms with Crippen LogP contribution in [0.5, 0.6) is 0 Å². The first-order valence-electron chi connectivity index (χ1n) is 8.24. The molecule has 0 aromatic carbocycles. The molecular weight excluding hydrogens is 326 g/mol. The molecule has 0 spiro atoms. The molecule has 0 aliphatic carbocycles. The van der Waals surface area contributed by atoms with Gasteiger partial charge in [-0.3, -0.25) is 4.68 Å². The number of hydrogen-bond acceptors (Lipinski definition) is 5. The smallest absolute Gasteiger partial charge is 0.211 e. The van der Waals surface area contributed by atoms with Gasteiger partial charge >= 0.3 is 0 Å². The van der Waals surface area contributed by atoms with Crippen molar-refractivity contribution in [2.75, 3.05) is 12.8 Å². The van der Waals surface area contributed by atoms with Crippen molar-refractivity contribution in [2.24, 2.45) is 0 Å². The van der Waals surface area contributed by atoms with Crippen LogP contribution in [0.15, 0.2) is 18.3 Å². The van der Waals surface area contributed by atoms with Crippen molar-refractivity contribution in [1.29, 1.82) is 0 Å². The summed E-state index contributed by atoms with van der Waals surface area (Å²) in [4.78, 5) is 9.20. The summed E-state index contributed by atoms with van der Waals surface area (Å²) in [6, 6.07) is 3.58. The van der Waals surface area contributed by atoms with Gasteiger partial charge in [-0.25, -0.2) is 18.4 Å². The van der Waals surface area contributed by atoms with E-state index in [9.17, 15) is 8.42 Å². The summed E-state index contributed by atoms with van der Waals surface area (Å²) in [6.07, 6.45) is 5.58. The average Bonchev–Trinajstić information content (AvgIpc) is 3.15. The zero-order chi connectivity index (χ0) is 17.3. The predicted octanol–water partition coefficient (Wildman–Crippen LogP) is 2.16. The molecule has 1 fully saturated rings. The van der Waals surface area contributed by atoms with Crippen LogP contribution in [0.3, 0.4) is 0 Å². The maximum Gasteiger partial charge on any atom is 0.211 e. The molecule has 3 rings (SSSR count). The fraction of sp³-hybridized carbons (Fsp3) is 0.562. The lowest BCUT2D eigenvalue weighted by Gasteiger charge is -2.21. The van der Waals surface area contributed by atoms with Crippen molar-refractivity contribution >= 4 is 10.0 Å². The highest BCUT2D eigenvalue weighted by atomic mass is 32.2. The van der Waals surface area contributed by atoms with Crippen molar-refractivity contribution in [1.82, 2.24) is 24.1 Å². The molecule has 7 nitrogen and oxygen atoms in total. The van der Waals surface area contributed by atoms with E-state index in [2.05, 4.69) is 22.0 Å². The van der Waals surface area contributed by atoms with Crippen LogP contribution >= 0.6 is 0 Å². The number of aromatic nitrogens is 4. The maximum absolute atomic E-state index is 12.0. The number of hydrogen-bond donors (Lipinski definition) is 0. The molecule has 1 aliphatic rings. The van der Waals surface area contributed by atoms with Crippen molar-refractivity contribution in [2.45, 2.75) is 45.7 Å². The highest BCUT2D eigenvalue weighted by Crippen LogP contribution is 2.33. The summed E-state index contributed by atoms with van der Waals surface area (Å²) >= 11 is 0. The van der Waals surface area contributed by atoms with Gasteiger partial charge < -0.3 is 0 Å². The number of rotatable bonds is 5. The lowest BCUT2D eigenvalue weighted by molar-refractivity contribution is 0.386. The highest BCUT2D eigenvalue weighted by molar-refractivity contribution is 7.88. The highest BCUT2D eigenvalue weighted by Gasteiger charge is 2.34. The van der Waals surface area contributed by atoms with E-state index in [0.29, 0.717) is 12.4 Å². The largest absolute Gasteiger partial charge is 0.263 e. The molecule has 1 atom stereocenters. The number of sulfonamides is 1. The van der Waals surface area contributed by atoms with Crippen LogP contribution < -0.4 is 0 Å². The lowest BCUT2D eigenvalue weighted by Crippen LogP contribution is -2.30. The van der Waals surface area contributed by atoms with Crippen LogP contribution in [0.25, 0.3) is 11.4 Å². The Hall–Kier alpha value is -1.80. The first-order valence-corrected chi connectivity index (χ1v) is 10.1. The zero-order valence-electron chi connectivity index (χ0n) is 14.3. The second kappa shape index (κ2) is 6.60. The molecule has 0 saturated carbocycles. The van der Waals surface area contributed by atoms with Crippen LogP contribution in [0.2, 0.25) is 0 Å². The van der Waals surface area contributed by atoms with Gasteiger partial charge in [0.15, 0.2) is 0 Å². The van der Waals surface area contributed by atoms with E-state index >= 15 is 0 Å². The molecule has 3 heterocycles. The van der Waals surface area contributed by atoms with Gasteiger partial charge in [-0.1, -0.05) is 6.92 Å². The first-order chi connectivity index (χ1) is 11.4. The van der Waals surface area contributed by atoms with Gasteiger partial charge in [-0.05, 0) is 38.3 Å². The minimum Gasteiger partial charge on any atom is -0.263 e. The van der Waals surface area contributed by atoms with E-state index in [1.807, 2.05) is 23.7 Å². The van der Waals surface area contributed by atoms with E-state index in [1.165, 1.54) is 10.6 Å². The second-order valence-corrected chi connectivity index (χ2v) is 8.16. The topological polar surface area (TPSA) is 81.0 Å². The Labute approximate surface area is 142 Å². The van der Waals surface area contributed by atoms with Crippen LogP contribution in [-0.4, -0.2) is 45.3 Å². The molecule has 0 radical (unpaired) electrons. The number of aryl methyl sites for hydroxylation is 2. The molecule has 2 aromatic rings. The fourth-order valence-electron chi connectivity index (χ4n) is 3.21. The van der Waals surface area contributed by atoms with Crippen LogP contribution in [0, 0.1) is 6.92 Å². The summed E-state index contributed by atoms with van der Waals surface area (Å²) in [5, 5.41) is 4.34. The van der Waals surface area contributed by atoms with Gasteiger partial charge in [0.1, 0.15) is 5.82 Å². The Morgan fingerprint density at radius 1 is 1.33 bits per heavy atom. The third kappa shape index (κ3) is 3.34.